The van der Waals surface area contributed by atoms with Gasteiger partial charge in [0.25, 0.3) is 5.91 Å². The molecule has 0 spiro atoms. The molecule has 0 radical (unpaired) electrons. The number of hydrogen-bond acceptors (Lipinski definition) is 4. The number of piperidine rings is 1. The van der Waals surface area contributed by atoms with Crippen LogP contribution in [0.1, 0.15) is 52.7 Å². The van der Waals surface area contributed by atoms with Gasteiger partial charge in [0.1, 0.15) is 5.82 Å². The monoisotopic (exact) mass is 455 g/mol. The first-order chi connectivity index (χ1) is 16.6. The summed E-state index contributed by atoms with van der Waals surface area (Å²) in [5.41, 5.74) is 5.90. The van der Waals surface area contributed by atoms with Crippen LogP contribution in [-0.4, -0.2) is 34.9 Å². The average molecular weight is 456 g/mol. The molecule has 172 valence electrons. The normalized spacial score (nSPS) is 22.6. The van der Waals surface area contributed by atoms with E-state index < -0.39 is 0 Å². The van der Waals surface area contributed by atoms with Crippen molar-refractivity contribution in [2.24, 2.45) is 4.99 Å². The van der Waals surface area contributed by atoms with Gasteiger partial charge in [0.15, 0.2) is 0 Å². The molecule has 3 aromatic rings. The van der Waals surface area contributed by atoms with Crippen LogP contribution in [0, 0.1) is 5.82 Å². The van der Waals surface area contributed by atoms with E-state index in [9.17, 15) is 14.3 Å². The molecule has 6 heteroatoms. The van der Waals surface area contributed by atoms with E-state index in [2.05, 4.69) is 39.5 Å². The standard InChI is InChI=1S/C28H26FN3O2/c29-25-4-2-1-3-19(25)16-30-28(34)18-7-12-26-24(13-18)27(31-26)17-5-8-20(9-6-17)32-21-10-11-22(32)15-23(33)14-21/h1-9,12-13,21-23,33H,10-11,14-16H2,(H,30,34). The van der Waals surface area contributed by atoms with E-state index in [-0.39, 0.29) is 24.4 Å². The van der Waals surface area contributed by atoms with Crippen molar-refractivity contribution < 1.29 is 14.3 Å². The highest BCUT2D eigenvalue weighted by molar-refractivity contribution is 6.22. The van der Waals surface area contributed by atoms with Crippen LogP contribution in [0.4, 0.5) is 15.8 Å². The van der Waals surface area contributed by atoms with Gasteiger partial charge in [-0.1, -0.05) is 30.3 Å². The number of aliphatic hydroxyl groups is 1. The molecule has 2 saturated heterocycles. The zero-order valence-corrected chi connectivity index (χ0v) is 18.7. The Bertz CT molecular complexity index is 1270. The molecule has 0 aromatic heterocycles. The fraction of sp³-hybridized carbons (Fsp3) is 0.286. The molecular weight excluding hydrogens is 429 g/mol. The minimum atomic E-state index is -0.327. The predicted octanol–water partition coefficient (Wildman–Crippen LogP) is 4.73. The molecule has 2 fully saturated rings. The highest BCUT2D eigenvalue weighted by Gasteiger charge is 2.40. The highest BCUT2D eigenvalue weighted by Crippen LogP contribution is 2.40. The van der Waals surface area contributed by atoms with Crippen molar-refractivity contribution >= 4 is 23.0 Å². The van der Waals surface area contributed by atoms with E-state index in [1.807, 2.05) is 12.1 Å². The van der Waals surface area contributed by atoms with Gasteiger partial charge in [-0.2, -0.15) is 0 Å². The molecule has 0 aliphatic carbocycles. The molecule has 34 heavy (non-hydrogen) atoms. The maximum atomic E-state index is 13.8. The smallest absolute Gasteiger partial charge is 0.251 e. The number of nitrogens with zero attached hydrogens (tertiary/aromatic N) is 2. The highest BCUT2D eigenvalue weighted by atomic mass is 19.1. The fourth-order valence-corrected chi connectivity index (χ4v) is 5.59. The summed E-state index contributed by atoms with van der Waals surface area (Å²) >= 11 is 0. The minimum absolute atomic E-state index is 0.139. The lowest BCUT2D eigenvalue weighted by Gasteiger charge is -2.39. The number of amides is 1. The van der Waals surface area contributed by atoms with Gasteiger partial charge in [-0.25, -0.2) is 9.38 Å². The van der Waals surface area contributed by atoms with Crippen molar-refractivity contribution in [1.82, 2.24) is 5.32 Å². The second kappa shape index (κ2) is 8.37. The van der Waals surface area contributed by atoms with Gasteiger partial charge in [-0.3, -0.25) is 4.79 Å². The Kier molecular flexibility index (Phi) is 5.18. The van der Waals surface area contributed by atoms with Crippen LogP contribution in [0.15, 0.2) is 71.7 Å². The summed E-state index contributed by atoms with van der Waals surface area (Å²) in [6, 6.07) is 21.2. The van der Waals surface area contributed by atoms with Gasteiger partial charge < -0.3 is 15.3 Å². The number of nitrogens with one attached hydrogen (secondary N) is 1. The number of benzene rings is 3. The molecule has 2 atom stereocenters. The van der Waals surface area contributed by atoms with Crippen molar-refractivity contribution in [3.8, 4) is 0 Å². The number of rotatable bonds is 5. The van der Waals surface area contributed by atoms with Crippen molar-refractivity contribution in [3.05, 3.63) is 94.8 Å². The molecule has 2 bridgehead atoms. The topological polar surface area (TPSA) is 64.9 Å². The molecule has 6 rings (SSSR count). The number of hydrogen-bond donors (Lipinski definition) is 2. The van der Waals surface area contributed by atoms with Crippen molar-refractivity contribution in [3.63, 3.8) is 0 Å². The van der Waals surface area contributed by atoms with Gasteiger partial charge in [0.2, 0.25) is 0 Å². The SMILES string of the molecule is O=C(NCc1ccccc1F)c1ccc2c(c1)C(c1ccc(N3C4CCC3CC(O)C4)cc1)=N2. The summed E-state index contributed by atoms with van der Waals surface area (Å²) in [4.78, 5) is 19.8. The second-order valence-corrected chi connectivity index (χ2v) is 9.43. The molecule has 0 saturated carbocycles. The summed E-state index contributed by atoms with van der Waals surface area (Å²) in [7, 11) is 0. The molecular formula is C28H26FN3O2. The van der Waals surface area contributed by atoms with E-state index >= 15 is 0 Å². The summed E-state index contributed by atoms with van der Waals surface area (Å²) in [5, 5.41) is 12.9. The maximum Gasteiger partial charge on any atom is 0.251 e. The Morgan fingerprint density at radius 3 is 2.50 bits per heavy atom. The molecule has 3 aliphatic heterocycles. The van der Waals surface area contributed by atoms with Gasteiger partial charge in [-0.15, -0.1) is 0 Å². The summed E-state index contributed by atoms with van der Waals surface area (Å²) in [6.07, 6.45) is 3.81. The number of aliphatic imine (C=N–C) groups is 1. The van der Waals surface area contributed by atoms with E-state index in [0.29, 0.717) is 23.2 Å². The Hall–Kier alpha value is -3.51. The number of fused-ring (bicyclic) bond motifs is 3. The first-order valence-corrected chi connectivity index (χ1v) is 11.9. The molecule has 5 nitrogen and oxygen atoms in total. The zero-order valence-electron chi connectivity index (χ0n) is 18.7. The van der Waals surface area contributed by atoms with Gasteiger partial charge in [0, 0.05) is 46.6 Å². The van der Waals surface area contributed by atoms with E-state index in [1.54, 1.807) is 24.3 Å². The first-order valence-electron chi connectivity index (χ1n) is 11.9. The lowest BCUT2D eigenvalue weighted by atomic mass is 9.93. The van der Waals surface area contributed by atoms with Crippen molar-refractivity contribution in [2.45, 2.75) is 50.4 Å². The molecule has 2 N–H and O–H groups in total. The third kappa shape index (κ3) is 3.68. The van der Waals surface area contributed by atoms with Crippen LogP contribution in [0.5, 0.6) is 0 Å². The van der Waals surface area contributed by atoms with E-state index in [4.69, 9.17) is 0 Å². The van der Waals surface area contributed by atoms with Crippen LogP contribution in [0.3, 0.4) is 0 Å². The number of halogens is 1. The Balaban J connectivity index is 1.16. The van der Waals surface area contributed by atoms with Gasteiger partial charge >= 0.3 is 0 Å². The quantitative estimate of drug-likeness (QED) is 0.457. The Labute approximate surface area is 198 Å². The van der Waals surface area contributed by atoms with E-state index in [1.165, 1.54) is 11.8 Å². The third-order valence-electron chi connectivity index (χ3n) is 7.29. The van der Waals surface area contributed by atoms with Crippen LogP contribution in [0.2, 0.25) is 0 Å². The summed E-state index contributed by atoms with van der Waals surface area (Å²) < 4.78 is 13.8. The van der Waals surface area contributed by atoms with Crippen LogP contribution in [0.25, 0.3) is 0 Å². The molecule has 3 aliphatic rings. The zero-order chi connectivity index (χ0) is 23.2. The number of anilines is 1. The van der Waals surface area contributed by atoms with Crippen LogP contribution < -0.4 is 10.2 Å². The average Bonchev–Trinajstić information content (AvgIpc) is 3.10. The second-order valence-electron chi connectivity index (χ2n) is 9.43. The number of carbonyl (C=O) groups excluding carboxylic acids is 1. The first kappa shape index (κ1) is 21.1. The lowest BCUT2D eigenvalue weighted by Crippen LogP contribution is -2.44. The molecule has 3 heterocycles. The lowest BCUT2D eigenvalue weighted by molar-refractivity contribution is 0.0950. The van der Waals surface area contributed by atoms with Gasteiger partial charge in [-0.05, 0) is 62.1 Å². The maximum absolute atomic E-state index is 13.8. The Morgan fingerprint density at radius 2 is 1.76 bits per heavy atom. The largest absolute Gasteiger partial charge is 0.393 e. The molecule has 1 amide bonds. The van der Waals surface area contributed by atoms with Crippen LogP contribution >= 0.6 is 0 Å². The van der Waals surface area contributed by atoms with Crippen LogP contribution in [-0.2, 0) is 6.54 Å². The summed E-state index contributed by atoms with van der Waals surface area (Å²) in [6.45, 7) is 0.139. The number of carbonyl (C=O) groups is 1. The third-order valence-corrected chi connectivity index (χ3v) is 7.29. The fourth-order valence-electron chi connectivity index (χ4n) is 5.59. The molecule has 2 unspecified atom stereocenters. The van der Waals surface area contributed by atoms with Crippen molar-refractivity contribution in [1.29, 1.82) is 0 Å². The van der Waals surface area contributed by atoms with Crippen molar-refractivity contribution in [2.75, 3.05) is 4.90 Å². The Morgan fingerprint density at radius 1 is 1.03 bits per heavy atom. The molecule has 3 aromatic carbocycles. The van der Waals surface area contributed by atoms with E-state index in [0.717, 1.165) is 48.2 Å². The summed E-state index contributed by atoms with van der Waals surface area (Å²) in [5.74, 6) is -0.568. The van der Waals surface area contributed by atoms with Gasteiger partial charge in [0.05, 0.1) is 17.5 Å². The predicted molar refractivity (Wildman–Crippen MR) is 130 cm³/mol. The minimum Gasteiger partial charge on any atom is -0.393 e. The number of aliphatic hydroxyl groups excluding tert-OH is 1.